The first-order chi connectivity index (χ1) is 9.63. The molecule has 3 rings (SSSR count). The molecule has 4 nitrogen and oxygen atoms in total. The summed E-state index contributed by atoms with van der Waals surface area (Å²) in [5.74, 6) is 0.144. The summed E-state index contributed by atoms with van der Waals surface area (Å²) in [5.41, 5.74) is 7.68. The molecule has 6 heteroatoms. The molecular formula is C14H11N3OS2. The van der Waals surface area contributed by atoms with Gasteiger partial charge in [-0.2, -0.15) is 0 Å². The van der Waals surface area contributed by atoms with Gasteiger partial charge in [0.15, 0.2) is 5.11 Å². The van der Waals surface area contributed by atoms with Crippen LogP contribution in [0.1, 0.15) is 0 Å². The van der Waals surface area contributed by atoms with E-state index in [0.29, 0.717) is 11.3 Å². The monoisotopic (exact) mass is 301 g/mol. The van der Waals surface area contributed by atoms with Gasteiger partial charge in [0.1, 0.15) is 10.8 Å². The van der Waals surface area contributed by atoms with Crippen molar-refractivity contribution in [2.45, 2.75) is 0 Å². The fourth-order valence-corrected chi connectivity index (χ4v) is 3.04. The second kappa shape index (κ2) is 5.07. The van der Waals surface area contributed by atoms with Gasteiger partial charge in [-0.25, -0.2) is 4.98 Å². The second-order valence-corrected chi connectivity index (χ2v) is 5.68. The zero-order valence-electron chi connectivity index (χ0n) is 10.3. The van der Waals surface area contributed by atoms with Gasteiger partial charge in [-0.3, -0.25) is 0 Å². The Balaban J connectivity index is 2.03. The van der Waals surface area contributed by atoms with Crippen molar-refractivity contribution in [1.82, 2.24) is 4.98 Å². The van der Waals surface area contributed by atoms with Gasteiger partial charge in [-0.05, 0) is 36.5 Å². The van der Waals surface area contributed by atoms with E-state index in [-0.39, 0.29) is 10.9 Å². The van der Waals surface area contributed by atoms with E-state index in [0.717, 1.165) is 15.2 Å². The molecule has 0 unspecified atom stereocenters. The molecule has 0 aliphatic heterocycles. The summed E-state index contributed by atoms with van der Waals surface area (Å²) >= 11 is 6.31. The zero-order valence-corrected chi connectivity index (χ0v) is 12.0. The maximum Gasteiger partial charge on any atom is 0.168 e. The number of thiazole rings is 1. The highest BCUT2D eigenvalue weighted by atomic mass is 32.1. The maximum atomic E-state index is 10.1. The quantitative estimate of drug-likeness (QED) is 0.633. The smallest absolute Gasteiger partial charge is 0.168 e. The molecule has 2 aromatic carbocycles. The summed E-state index contributed by atoms with van der Waals surface area (Å²) in [5, 5.41) is 13.9. The largest absolute Gasteiger partial charge is 0.507 e. The van der Waals surface area contributed by atoms with Crippen molar-refractivity contribution >= 4 is 44.6 Å². The normalized spacial score (nSPS) is 10.6. The third-order valence-corrected chi connectivity index (χ3v) is 3.96. The van der Waals surface area contributed by atoms with Gasteiger partial charge in [0.2, 0.25) is 0 Å². The molecule has 0 atom stereocenters. The summed E-state index contributed by atoms with van der Waals surface area (Å²) in [4.78, 5) is 4.52. The number of nitrogens with two attached hydrogens (primary N) is 1. The van der Waals surface area contributed by atoms with Gasteiger partial charge in [0, 0.05) is 11.8 Å². The Morgan fingerprint density at radius 3 is 2.75 bits per heavy atom. The Hall–Kier alpha value is -2.18. The average molecular weight is 301 g/mol. The topological polar surface area (TPSA) is 71.2 Å². The van der Waals surface area contributed by atoms with Crippen LogP contribution in [0, 0.1) is 0 Å². The van der Waals surface area contributed by atoms with Crippen LogP contribution in [0.4, 0.5) is 5.69 Å². The number of nitrogens with one attached hydrogen (secondary N) is 1. The number of rotatable bonds is 2. The van der Waals surface area contributed by atoms with Crippen LogP contribution < -0.4 is 11.1 Å². The Labute approximate surface area is 124 Å². The predicted octanol–water partition coefficient (Wildman–Crippen LogP) is 3.32. The fourth-order valence-electron chi connectivity index (χ4n) is 1.92. The van der Waals surface area contributed by atoms with Crippen molar-refractivity contribution in [2.75, 3.05) is 5.32 Å². The molecule has 0 aliphatic carbocycles. The highest BCUT2D eigenvalue weighted by Crippen LogP contribution is 2.36. The van der Waals surface area contributed by atoms with E-state index in [9.17, 15) is 5.11 Å². The van der Waals surface area contributed by atoms with Gasteiger partial charge >= 0.3 is 0 Å². The minimum atomic E-state index is 0.144. The Kier molecular flexibility index (Phi) is 3.25. The highest BCUT2D eigenvalue weighted by molar-refractivity contribution is 7.80. The lowest BCUT2D eigenvalue weighted by molar-refractivity contribution is 0.477. The van der Waals surface area contributed by atoms with Crippen molar-refractivity contribution < 1.29 is 5.11 Å². The molecule has 0 saturated heterocycles. The lowest BCUT2D eigenvalue weighted by Crippen LogP contribution is -2.18. The molecule has 20 heavy (non-hydrogen) atoms. The van der Waals surface area contributed by atoms with E-state index in [1.807, 2.05) is 24.3 Å². The number of benzene rings is 2. The van der Waals surface area contributed by atoms with E-state index in [4.69, 9.17) is 18.0 Å². The Morgan fingerprint density at radius 2 is 2.05 bits per heavy atom. The van der Waals surface area contributed by atoms with Gasteiger partial charge in [0.05, 0.1) is 15.8 Å². The molecule has 0 fully saturated rings. The van der Waals surface area contributed by atoms with E-state index >= 15 is 0 Å². The molecule has 0 spiro atoms. The molecular weight excluding hydrogens is 290 g/mol. The summed E-state index contributed by atoms with van der Waals surface area (Å²) in [6.45, 7) is 0. The van der Waals surface area contributed by atoms with E-state index in [1.165, 1.54) is 0 Å². The van der Waals surface area contributed by atoms with E-state index < -0.39 is 0 Å². The number of para-hydroxylation sites is 1. The number of phenols is 1. The first-order valence-corrected chi connectivity index (χ1v) is 7.11. The molecule has 0 bridgehead atoms. The first kappa shape index (κ1) is 12.8. The lowest BCUT2D eigenvalue weighted by atomic mass is 10.2. The highest BCUT2D eigenvalue weighted by Gasteiger charge is 2.10. The van der Waals surface area contributed by atoms with E-state index in [1.54, 1.807) is 29.5 Å². The van der Waals surface area contributed by atoms with Crippen LogP contribution in [-0.2, 0) is 0 Å². The first-order valence-electron chi connectivity index (χ1n) is 5.89. The van der Waals surface area contributed by atoms with Crippen LogP contribution in [0.5, 0.6) is 5.75 Å². The van der Waals surface area contributed by atoms with Crippen molar-refractivity contribution in [1.29, 1.82) is 0 Å². The molecule has 0 radical (unpaired) electrons. The minimum Gasteiger partial charge on any atom is -0.507 e. The average Bonchev–Trinajstić information content (AvgIpc) is 2.81. The predicted molar refractivity (Wildman–Crippen MR) is 87.1 cm³/mol. The lowest BCUT2D eigenvalue weighted by Gasteiger charge is -2.06. The molecule has 4 N–H and O–H groups in total. The zero-order chi connectivity index (χ0) is 14.1. The van der Waals surface area contributed by atoms with Crippen molar-refractivity contribution in [3.63, 3.8) is 0 Å². The van der Waals surface area contributed by atoms with Crippen LogP contribution in [0.15, 0.2) is 42.5 Å². The summed E-state index contributed by atoms with van der Waals surface area (Å²) in [6.07, 6.45) is 0. The van der Waals surface area contributed by atoms with Crippen LogP contribution in [0.3, 0.4) is 0 Å². The number of hydrogen-bond donors (Lipinski definition) is 3. The van der Waals surface area contributed by atoms with Crippen LogP contribution >= 0.6 is 23.6 Å². The van der Waals surface area contributed by atoms with Gasteiger partial charge in [-0.15, -0.1) is 11.3 Å². The van der Waals surface area contributed by atoms with Crippen molar-refractivity contribution in [3.8, 4) is 16.3 Å². The Morgan fingerprint density at radius 1 is 1.25 bits per heavy atom. The Bertz CT molecular complexity index is 765. The molecule has 100 valence electrons. The number of fused-ring (bicyclic) bond motifs is 1. The molecule has 0 aliphatic rings. The van der Waals surface area contributed by atoms with E-state index in [2.05, 4.69) is 10.3 Å². The third kappa shape index (κ3) is 2.43. The number of thiocarbonyl (C=S) groups is 1. The maximum absolute atomic E-state index is 10.1. The van der Waals surface area contributed by atoms with Crippen LogP contribution in [-0.4, -0.2) is 15.2 Å². The van der Waals surface area contributed by atoms with Gasteiger partial charge in [0.25, 0.3) is 0 Å². The second-order valence-electron chi connectivity index (χ2n) is 4.21. The summed E-state index contributed by atoms with van der Waals surface area (Å²) in [7, 11) is 0. The van der Waals surface area contributed by atoms with Gasteiger partial charge < -0.3 is 16.2 Å². The third-order valence-electron chi connectivity index (χ3n) is 2.79. The van der Waals surface area contributed by atoms with Crippen molar-refractivity contribution in [3.05, 3.63) is 42.5 Å². The van der Waals surface area contributed by atoms with Crippen LogP contribution in [0.2, 0.25) is 0 Å². The number of aromatic hydroxyl groups is 1. The molecule has 0 amide bonds. The minimum absolute atomic E-state index is 0.144. The standard InChI is InChI=1S/C14H11N3OS2/c15-14(19)16-8-5-6-9(11(18)7-8)13-17-10-3-1-2-4-12(10)20-13/h1-7,18H,(H3,15,16,19). The number of phenolic OH excluding ortho intramolecular Hbond substituents is 1. The number of nitrogens with zero attached hydrogens (tertiary/aromatic N) is 1. The molecule has 1 heterocycles. The van der Waals surface area contributed by atoms with Gasteiger partial charge in [-0.1, -0.05) is 12.1 Å². The number of aromatic nitrogens is 1. The number of hydrogen-bond acceptors (Lipinski definition) is 4. The van der Waals surface area contributed by atoms with Crippen molar-refractivity contribution in [2.24, 2.45) is 5.73 Å². The molecule has 0 saturated carbocycles. The van der Waals surface area contributed by atoms with Crippen LogP contribution in [0.25, 0.3) is 20.8 Å². The molecule has 1 aromatic heterocycles. The fraction of sp³-hybridized carbons (Fsp3) is 0. The summed E-state index contributed by atoms with van der Waals surface area (Å²) < 4.78 is 1.09. The summed E-state index contributed by atoms with van der Waals surface area (Å²) in [6, 6.07) is 13.1. The SMILES string of the molecule is NC(=S)Nc1ccc(-c2nc3ccccc3s2)c(O)c1. The molecule has 3 aromatic rings. The number of anilines is 1.